The summed E-state index contributed by atoms with van der Waals surface area (Å²) in [4.78, 5) is 29.0. The van der Waals surface area contributed by atoms with E-state index < -0.39 is 6.04 Å². The molecule has 0 fully saturated rings. The van der Waals surface area contributed by atoms with E-state index >= 15 is 0 Å². The average molecular weight is 504 g/mol. The Morgan fingerprint density at radius 2 is 1.64 bits per heavy atom. The van der Waals surface area contributed by atoms with Crippen molar-refractivity contribution in [3.63, 3.8) is 0 Å². The number of benzene rings is 3. The van der Waals surface area contributed by atoms with Gasteiger partial charge in [0.1, 0.15) is 11.3 Å². The Kier molecular flexibility index (Phi) is 5.33. The largest absolute Gasteiger partial charge is 0.494 e. The van der Waals surface area contributed by atoms with Crippen molar-refractivity contribution in [1.82, 2.24) is 0 Å². The maximum atomic E-state index is 13.7. The van der Waals surface area contributed by atoms with Crippen LogP contribution in [-0.4, -0.2) is 12.5 Å². The molecular formula is C27H22BrNO4. The highest BCUT2D eigenvalue weighted by Crippen LogP contribution is 2.42. The summed E-state index contributed by atoms with van der Waals surface area (Å²) in [7, 11) is 0. The number of carbonyl (C=O) groups excluding carboxylic acids is 1. The van der Waals surface area contributed by atoms with Gasteiger partial charge in [0.2, 0.25) is 5.76 Å². The topological polar surface area (TPSA) is 59.8 Å². The third kappa shape index (κ3) is 3.55. The van der Waals surface area contributed by atoms with E-state index in [9.17, 15) is 9.59 Å². The van der Waals surface area contributed by atoms with Crippen molar-refractivity contribution in [1.29, 1.82) is 0 Å². The van der Waals surface area contributed by atoms with Crippen LogP contribution < -0.4 is 15.1 Å². The first-order valence-electron chi connectivity index (χ1n) is 10.8. The van der Waals surface area contributed by atoms with Crippen molar-refractivity contribution in [2.45, 2.75) is 26.8 Å². The molecule has 6 heteroatoms. The number of hydrogen-bond acceptors (Lipinski definition) is 4. The van der Waals surface area contributed by atoms with Crippen LogP contribution in [0.3, 0.4) is 0 Å². The lowest BCUT2D eigenvalue weighted by Gasteiger charge is -2.25. The van der Waals surface area contributed by atoms with Gasteiger partial charge in [-0.3, -0.25) is 14.5 Å². The monoisotopic (exact) mass is 503 g/mol. The van der Waals surface area contributed by atoms with E-state index in [1.165, 1.54) is 0 Å². The quantitative estimate of drug-likeness (QED) is 0.326. The normalized spacial score (nSPS) is 15.2. The predicted molar refractivity (Wildman–Crippen MR) is 132 cm³/mol. The van der Waals surface area contributed by atoms with Crippen LogP contribution >= 0.6 is 15.9 Å². The third-order valence-electron chi connectivity index (χ3n) is 6.10. The maximum Gasteiger partial charge on any atom is 0.295 e. The summed E-state index contributed by atoms with van der Waals surface area (Å²) in [6.45, 7) is 6.41. The van der Waals surface area contributed by atoms with Gasteiger partial charge in [0, 0.05) is 10.2 Å². The zero-order chi connectivity index (χ0) is 23.3. The van der Waals surface area contributed by atoms with Crippen molar-refractivity contribution < 1.29 is 13.9 Å². The summed E-state index contributed by atoms with van der Waals surface area (Å²) in [6.07, 6.45) is 0. The maximum absolute atomic E-state index is 13.7. The molecule has 4 aromatic rings. The molecule has 0 spiro atoms. The summed E-state index contributed by atoms with van der Waals surface area (Å²) >= 11 is 3.45. The lowest BCUT2D eigenvalue weighted by atomic mass is 9.97. The second kappa shape index (κ2) is 8.19. The molecule has 0 N–H and O–H groups in total. The van der Waals surface area contributed by atoms with Crippen molar-refractivity contribution >= 4 is 38.5 Å². The van der Waals surface area contributed by atoms with Crippen LogP contribution in [0.25, 0.3) is 11.0 Å². The molecule has 0 saturated heterocycles. The highest BCUT2D eigenvalue weighted by atomic mass is 79.9. The van der Waals surface area contributed by atoms with Gasteiger partial charge in [-0.25, -0.2) is 0 Å². The molecular weight excluding hydrogens is 482 g/mol. The summed E-state index contributed by atoms with van der Waals surface area (Å²) in [6, 6.07) is 18.0. The fourth-order valence-corrected chi connectivity index (χ4v) is 4.59. The molecule has 2 heterocycles. The Balaban J connectivity index is 1.77. The lowest BCUT2D eigenvalue weighted by Crippen LogP contribution is -2.29. The zero-order valence-electron chi connectivity index (χ0n) is 18.5. The molecule has 5 nitrogen and oxygen atoms in total. The first-order chi connectivity index (χ1) is 15.9. The van der Waals surface area contributed by atoms with E-state index in [0.717, 1.165) is 26.9 Å². The van der Waals surface area contributed by atoms with E-state index in [-0.39, 0.29) is 17.1 Å². The fourth-order valence-electron chi connectivity index (χ4n) is 4.32. The number of amides is 1. The highest BCUT2D eigenvalue weighted by molar-refractivity contribution is 9.10. The first-order valence-corrected chi connectivity index (χ1v) is 11.6. The van der Waals surface area contributed by atoms with Crippen molar-refractivity contribution in [3.8, 4) is 5.75 Å². The van der Waals surface area contributed by atoms with Gasteiger partial charge in [-0.15, -0.1) is 0 Å². The number of aryl methyl sites for hydroxylation is 2. The summed E-state index contributed by atoms with van der Waals surface area (Å²) in [5, 5.41) is 0.484. The molecule has 0 aliphatic carbocycles. The highest BCUT2D eigenvalue weighted by Gasteiger charge is 2.43. The van der Waals surface area contributed by atoms with E-state index in [1.807, 2.05) is 81.4 Å². The molecule has 1 atom stereocenters. The van der Waals surface area contributed by atoms with Crippen molar-refractivity contribution in [2.75, 3.05) is 11.5 Å². The van der Waals surface area contributed by atoms with Gasteiger partial charge in [0.25, 0.3) is 5.91 Å². The summed E-state index contributed by atoms with van der Waals surface area (Å²) < 4.78 is 12.6. The first kappa shape index (κ1) is 21.5. The van der Waals surface area contributed by atoms with Crippen LogP contribution in [-0.2, 0) is 0 Å². The van der Waals surface area contributed by atoms with Crippen LogP contribution in [0.4, 0.5) is 5.69 Å². The minimum atomic E-state index is -0.605. The Hall–Kier alpha value is -3.38. The molecule has 1 aliphatic heterocycles. The van der Waals surface area contributed by atoms with E-state index in [2.05, 4.69) is 15.9 Å². The lowest BCUT2D eigenvalue weighted by molar-refractivity contribution is 0.0971. The number of rotatable bonds is 4. The number of fused-ring (bicyclic) bond motifs is 2. The van der Waals surface area contributed by atoms with Crippen LogP contribution in [0.5, 0.6) is 5.75 Å². The van der Waals surface area contributed by atoms with Crippen molar-refractivity contribution in [3.05, 3.63) is 103 Å². The number of ether oxygens (including phenoxy) is 1. The third-order valence-corrected chi connectivity index (χ3v) is 6.63. The molecule has 33 heavy (non-hydrogen) atoms. The van der Waals surface area contributed by atoms with E-state index in [1.54, 1.807) is 4.90 Å². The second-order valence-electron chi connectivity index (χ2n) is 8.16. The molecule has 0 saturated carbocycles. The van der Waals surface area contributed by atoms with Gasteiger partial charge >= 0.3 is 0 Å². The molecule has 1 aliphatic rings. The molecule has 5 rings (SSSR count). The average Bonchev–Trinajstić information content (AvgIpc) is 3.09. The molecule has 1 amide bonds. The van der Waals surface area contributed by atoms with E-state index in [0.29, 0.717) is 28.8 Å². The Labute approximate surface area is 199 Å². The molecule has 166 valence electrons. The number of halogens is 1. The molecule has 1 unspecified atom stereocenters. The SMILES string of the molecule is CCOc1ccc(C2c3c(oc4cc(C)c(C)cc4c3=O)C(=O)N2c2ccc(Br)cc2)cc1. The minimum absolute atomic E-state index is 0.0950. The molecule has 3 aromatic carbocycles. The van der Waals surface area contributed by atoms with Crippen LogP contribution in [0.15, 0.2) is 74.3 Å². The van der Waals surface area contributed by atoms with E-state index in [4.69, 9.17) is 9.15 Å². The van der Waals surface area contributed by atoms with Crippen molar-refractivity contribution in [2.24, 2.45) is 0 Å². The fraction of sp³-hybridized carbons (Fsp3) is 0.185. The number of nitrogens with zero attached hydrogens (tertiary/aromatic N) is 1. The molecule has 0 radical (unpaired) electrons. The smallest absolute Gasteiger partial charge is 0.295 e. The predicted octanol–water partition coefficient (Wildman–Crippen LogP) is 6.32. The number of hydrogen-bond donors (Lipinski definition) is 0. The second-order valence-corrected chi connectivity index (χ2v) is 9.08. The van der Waals surface area contributed by atoms with Gasteiger partial charge in [-0.05, 0) is 86.0 Å². The van der Waals surface area contributed by atoms with Gasteiger partial charge in [0.15, 0.2) is 5.43 Å². The van der Waals surface area contributed by atoms with Gasteiger partial charge in [-0.1, -0.05) is 28.1 Å². The van der Waals surface area contributed by atoms with Gasteiger partial charge in [-0.2, -0.15) is 0 Å². The minimum Gasteiger partial charge on any atom is -0.494 e. The van der Waals surface area contributed by atoms with Gasteiger partial charge in [0.05, 0.1) is 23.6 Å². The molecule has 1 aromatic heterocycles. The summed E-state index contributed by atoms with van der Waals surface area (Å²) in [5.74, 6) is 0.499. The Morgan fingerprint density at radius 1 is 0.970 bits per heavy atom. The van der Waals surface area contributed by atoms with Crippen LogP contribution in [0, 0.1) is 13.8 Å². The zero-order valence-corrected chi connectivity index (χ0v) is 20.1. The van der Waals surface area contributed by atoms with Crippen LogP contribution in [0.1, 0.15) is 45.8 Å². The Morgan fingerprint density at radius 3 is 2.30 bits per heavy atom. The number of anilines is 1. The van der Waals surface area contributed by atoms with Gasteiger partial charge < -0.3 is 9.15 Å². The number of carbonyl (C=O) groups is 1. The molecule has 0 bridgehead atoms. The Bertz CT molecular complexity index is 1440. The standard InChI is InChI=1S/C27H22BrNO4/c1-4-32-20-11-5-17(6-12-20)24-23-25(30)21-13-15(2)16(3)14-22(21)33-26(23)27(31)29(24)19-9-7-18(28)8-10-19/h5-14,24H,4H2,1-3H3. The summed E-state index contributed by atoms with van der Waals surface area (Å²) in [5.41, 5.74) is 4.11. The van der Waals surface area contributed by atoms with Crippen LogP contribution in [0.2, 0.25) is 0 Å².